The molecule has 1 aliphatic rings. The molecule has 22 heavy (non-hydrogen) atoms. The Labute approximate surface area is 137 Å². The van der Waals surface area contributed by atoms with Crippen molar-refractivity contribution < 1.29 is 4.79 Å². The topological polar surface area (TPSA) is 44.7 Å². The molecule has 2 rings (SSSR count). The Morgan fingerprint density at radius 3 is 2.50 bits per heavy atom. The van der Waals surface area contributed by atoms with Gasteiger partial charge in [0.2, 0.25) is 0 Å². The number of thioether (sulfide) groups is 1. The van der Waals surface area contributed by atoms with E-state index >= 15 is 0 Å². The first kappa shape index (κ1) is 16.9. The van der Waals surface area contributed by atoms with Gasteiger partial charge >= 0.3 is 6.03 Å². The number of urea groups is 1. The lowest BCUT2D eigenvalue weighted by atomic mass is 10.0. The van der Waals surface area contributed by atoms with Gasteiger partial charge < -0.3 is 0 Å². The molecule has 1 N–H and O–H groups in total. The van der Waals surface area contributed by atoms with E-state index in [2.05, 4.69) is 43.2 Å². The maximum absolute atomic E-state index is 12.8. The second-order valence-corrected chi connectivity index (χ2v) is 8.21. The van der Waals surface area contributed by atoms with Gasteiger partial charge in [-0.15, -0.1) is 0 Å². The third-order valence-corrected chi connectivity index (χ3v) is 4.65. The summed E-state index contributed by atoms with van der Waals surface area (Å²) in [5.74, 6) is 0. The maximum Gasteiger partial charge on any atom is 0.328 e. The number of aliphatic imine (C=N–C) groups is 1. The van der Waals surface area contributed by atoms with E-state index < -0.39 is 0 Å². The monoisotopic (exact) mass is 319 g/mol. The first-order valence-corrected chi connectivity index (χ1v) is 8.46. The summed E-state index contributed by atoms with van der Waals surface area (Å²) in [6.45, 7) is 13.1. The van der Waals surface area contributed by atoms with Crippen LogP contribution in [0, 0.1) is 13.8 Å². The van der Waals surface area contributed by atoms with Crippen molar-refractivity contribution in [2.45, 2.75) is 52.3 Å². The lowest BCUT2D eigenvalue weighted by Crippen LogP contribution is -2.51. The van der Waals surface area contributed by atoms with Crippen molar-refractivity contribution in [1.29, 1.82) is 0 Å². The minimum absolute atomic E-state index is 0.129. The number of aryl methyl sites for hydroxylation is 2. The summed E-state index contributed by atoms with van der Waals surface area (Å²) < 4.78 is 0. The standard InChI is InChI=1S/C17H25N3OS/c1-11-7-8-14(9-12(11)2)20(17(4,5)6)16(21)19-15-18-10-13(3)22-15/h7-9,13H,10H2,1-6H3,(H,18,19,21)/t13-/m0/s1. The number of anilines is 1. The van der Waals surface area contributed by atoms with E-state index in [0.717, 1.165) is 17.4 Å². The van der Waals surface area contributed by atoms with Crippen molar-refractivity contribution in [2.24, 2.45) is 4.99 Å². The van der Waals surface area contributed by atoms with Gasteiger partial charge in [0, 0.05) is 16.5 Å². The fourth-order valence-electron chi connectivity index (χ4n) is 2.37. The molecule has 0 unspecified atom stereocenters. The van der Waals surface area contributed by atoms with E-state index in [1.165, 1.54) is 11.1 Å². The third-order valence-electron chi connectivity index (χ3n) is 3.64. The molecule has 0 spiro atoms. The number of nitrogens with zero attached hydrogens (tertiary/aromatic N) is 2. The minimum Gasteiger partial charge on any atom is -0.289 e. The van der Waals surface area contributed by atoms with E-state index in [-0.39, 0.29) is 11.6 Å². The second-order valence-electron chi connectivity index (χ2n) is 6.78. The molecule has 5 heteroatoms. The van der Waals surface area contributed by atoms with Crippen molar-refractivity contribution in [3.63, 3.8) is 0 Å². The molecule has 4 nitrogen and oxygen atoms in total. The third kappa shape index (κ3) is 3.83. The summed E-state index contributed by atoms with van der Waals surface area (Å²) in [6.07, 6.45) is 0. The van der Waals surface area contributed by atoms with Crippen LogP contribution in [0.1, 0.15) is 38.8 Å². The van der Waals surface area contributed by atoms with Crippen LogP contribution < -0.4 is 10.2 Å². The van der Waals surface area contributed by atoms with Crippen LogP contribution in [0.5, 0.6) is 0 Å². The van der Waals surface area contributed by atoms with Crippen molar-refractivity contribution >= 4 is 28.6 Å². The zero-order valence-corrected chi connectivity index (χ0v) is 15.0. The molecule has 1 aliphatic heterocycles. The molecule has 0 bridgehead atoms. The summed E-state index contributed by atoms with van der Waals surface area (Å²) >= 11 is 1.61. The Morgan fingerprint density at radius 1 is 1.32 bits per heavy atom. The first-order valence-electron chi connectivity index (χ1n) is 7.58. The smallest absolute Gasteiger partial charge is 0.289 e. The number of amidine groups is 1. The van der Waals surface area contributed by atoms with Gasteiger partial charge in [0.25, 0.3) is 0 Å². The van der Waals surface area contributed by atoms with E-state index in [1.807, 2.05) is 26.8 Å². The lowest BCUT2D eigenvalue weighted by Gasteiger charge is -2.36. The number of carbonyl (C=O) groups excluding carboxylic acids is 1. The minimum atomic E-state index is -0.318. The van der Waals surface area contributed by atoms with Crippen molar-refractivity contribution in [1.82, 2.24) is 5.32 Å². The van der Waals surface area contributed by atoms with Crippen LogP contribution in [-0.2, 0) is 0 Å². The molecule has 0 saturated heterocycles. The molecule has 1 aromatic carbocycles. The highest BCUT2D eigenvalue weighted by molar-refractivity contribution is 8.14. The van der Waals surface area contributed by atoms with E-state index in [1.54, 1.807) is 16.7 Å². The number of amides is 2. The van der Waals surface area contributed by atoms with Gasteiger partial charge in [0.15, 0.2) is 5.17 Å². The fraction of sp³-hybridized carbons (Fsp3) is 0.529. The van der Waals surface area contributed by atoms with Gasteiger partial charge in [-0.1, -0.05) is 24.8 Å². The number of nitrogens with one attached hydrogen (secondary N) is 1. The van der Waals surface area contributed by atoms with Crippen LogP contribution in [0.15, 0.2) is 23.2 Å². The van der Waals surface area contributed by atoms with Gasteiger partial charge in [-0.05, 0) is 57.9 Å². The largest absolute Gasteiger partial charge is 0.328 e. The molecule has 0 saturated carbocycles. The lowest BCUT2D eigenvalue weighted by molar-refractivity contribution is 0.245. The fourth-order valence-corrected chi connectivity index (χ4v) is 3.19. The Morgan fingerprint density at radius 2 is 2.00 bits per heavy atom. The van der Waals surface area contributed by atoms with Gasteiger partial charge in [-0.2, -0.15) is 0 Å². The van der Waals surface area contributed by atoms with E-state index in [9.17, 15) is 4.79 Å². The zero-order valence-electron chi connectivity index (χ0n) is 14.2. The molecular weight excluding hydrogens is 294 g/mol. The van der Waals surface area contributed by atoms with Gasteiger partial charge in [0.1, 0.15) is 0 Å². The van der Waals surface area contributed by atoms with Crippen molar-refractivity contribution in [3.8, 4) is 0 Å². The predicted molar refractivity (Wildman–Crippen MR) is 96.0 cm³/mol. The van der Waals surface area contributed by atoms with Crippen LogP contribution in [0.2, 0.25) is 0 Å². The molecule has 0 radical (unpaired) electrons. The van der Waals surface area contributed by atoms with Crippen LogP contribution in [-0.4, -0.2) is 28.5 Å². The average Bonchev–Trinajstić information content (AvgIpc) is 2.77. The Bertz CT molecular complexity index is 604. The highest BCUT2D eigenvalue weighted by Crippen LogP contribution is 2.27. The van der Waals surface area contributed by atoms with Gasteiger partial charge in [0.05, 0.1) is 6.54 Å². The molecule has 0 aliphatic carbocycles. The predicted octanol–water partition coefficient (Wildman–Crippen LogP) is 4.11. The Balaban J connectivity index is 2.26. The van der Waals surface area contributed by atoms with Crippen LogP contribution in [0.4, 0.5) is 10.5 Å². The summed E-state index contributed by atoms with van der Waals surface area (Å²) in [7, 11) is 0. The Hall–Kier alpha value is -1.49. The summed E-state index contributed by atoms with van der Waals surface area (Å²) in [5.41, 5.74) is 2.99. The van der Waals surface area contributed by atoms with Crippen LogP contribution >= 0.6 is 11.8 Å². The molecule has 0 aromatic heterocycles. The average molecular weight is 319 g/mol. The summed E-state index contributed by atoms with van der Waals surface area (Å²) in [6, 6.07) is 5.99. The highest BCUT2D eigenvalue weighted by atomic mass is 32.2. The number of benzene rings is 1. The number of hydrogen-bond donors (Lipinski definition) is 1. The normalized spacial score (nSPS) is 18.1. The Kier molecular flexibility index (Phi) is 4.85. The van der Waals surface area contributed by atoms with Gasteiger partial charge in [-0.25, -0.2) is 4.79 Å². The molecule has 0 fully saturated rings. The molecule has 1 heterocycles. The zero-order chi connectivity index (χ0) is 16.5. The van der Waals surface area contributed by atoms with Crippen molar-refractivity contribution in [3.05, 3.63) is 29.3 Å². The molecule has 2 amide bonds. The number of rotatable bonds is 1. The molecule has 120 valence electrons. The SMILES string of the molecule is Cc1ccc(N(C(=O)NC2=NC[C@H](C)S2)C(C)(C)C)cc1C. The van der Waals surface area contributed by atoms with Gasteiger partial charge in [-0.3, -0.25) is 15.2 Å². The van der Waals surface area contributed by atoms with Crippen LogP contribution in [0.25, 0.3) is 0 Å². The molecular formula is C17H25N3OS. The molecule has 1 atom stereocenters. The van der Waals surface area contributed by atoms with Crippen molar-refractivity contribution in [2.75, 3.05) is 11.4 Å². The van der Waals surface area contributed by atoms with E-state index in [4.69, 9.17) is 0 Å². The molecule has 1 aromatic rings. The maximum atomic E-state index is 12.8. The van der Waals surface area contributed by atoms with Crippen LogP contribution in [0.3, 0.4) is 0 Å². The van der Waals surface area contributed by atoms with E-state index in [0.29, 0.717) is 5.25 Å². The number of carbonyl (C=O) groups is 1. The first-order chi connectivity index (χ1) is 10.2. The second kappa shape index (κ2) is 6.32. The number of hydrogen-bond acceptors (Lipinski definition) is 3. The summed E-state index contributed by atoms with van der Waals surface area (Å²) in [4.78, 5) is 18.9. The quantitative estimate of drug-likeness (QED) is 0.846. The highest BCUT2D eigenvalue weighted by Gasteiger charge is 2.30. The summed E-state index contributed by atoms with van der Waals surface area (Å²) in [5, 5.41) is 4.10.